The lowest BCUT2D eigenvalue weighted by molar-refractivity contribution is -0.136. The Morgan fingerprint density at radius 3 is 2.84 bits per heavy atom. The van der Waals surface area contributed by atoms with Crippen molar-refractivity contribution in [1.29, 1.82) is 0 Å². The Hall–Kier alpha value is -2.51. The smallest absolute Gasteiger partial charge is 0.341 e. The minimum absolute atomic E-state index is 0.248. The van der Waals surface area contributed by atoms with Gasteiger partial charge in [0, 0.05) is 0 Å². The molecule has 100 valence electrons. The van der Waals surface area contributed by atoms with Gasteiger partial charge in [-0.25, -0.2) is 14.4 Å². The fourth-order valence-corrected chi connectivity index (χ4v) is 1.48. The van der Waals surface area contributed by atoms with Gasteiger partial charge < -0.3 is 4.74 Å². The summed E-state index contributed by atoms with van der Waals surface area (Å²) in [6, 6.07) is 0. The van der Waals surface area contributed by atoms with Gasteiger partial charge in [-0.2, -0.15) is 5.10 Å². The SMILES string of the molecule is C/C=C(\C(=O)OCC)c1n[nH]c(-c2nonc2C)n1. The minimum atomic E-state index is -0.467. The molecule has 2 rings (SSSR count). The number of aromatic nitrogens is 5. The highest BCUT2D eigenvalue weighted by molar-refractivity contribution is 6.15. The molecule has 0 spiro atoms. The molecule has 8 heteroatoms. The standard InChI is InChI=1S/C11H13N5O3/c1-4-7(11(17)18-5-2)9-12-10(14-13-9)8-6(3)15-19-16-8/h4H,5H2,1-3H3,(H,12,13,14)/b7-4-. The number of carbonyl (C=O) groups is 1. The van der Waals surface area contributed by atoms with Crippen LogP contribution >= 0.6 is 0 Å². The maximum atomic E-state index is 11.7. The van der Waals surface area contributed by atoms with Crippen LogP contribution in [-0.4, -0.2) is 38.1 Å². The first kappa shape index (κ1) is 12.9. The molecule has 0 atom stereocenters. The van der Waals surface area contributed by atoms with E-state index in [2.05, 4.69) is 30.1 Å². The van der Waals surface area contributed by atoms with E-state index >= 15 is 0 Å². The Bertz CT molecular complexity index is 613. The topological polar surface area (TPSA) is 107 Å². The molecule has 0 fully saturated rings. The second-order valence-corrected chi connectivity index (χ2v) is 3.63. The lowest BCUT2D eigenvalue weighted by Gasteiger charge is -2.01. The normalized spacial score (nSPS) is 11.6. The zero-order valence-corrected chi connectivity index (χ0v) is 10.8. The van der Waals surface area contributed by atoms with Crippen LogP contribution in [0.5, 0.6) is 0 Å². The molecule has 8 nitrogen and oxygen atoms in total. The maximum absolute atomic E-state index is 11.7. The van der Waals surface area contributed by atoms with Crippen molar-refractivity contribution in [3.05, 3.63) is 17.6 Å². The summed E-state index contributed by atoms with van der Waals surface area (Å²) in [6.45, 7) is 5.47. The average Bonchev–Trinajstić information content (AvgIpc) is 2.99. The summed E-state index contributed by atoms with van der Waals surface area (Å²) in [7, 11) is 0. The van der Waals surface area contributed by atoms with E-state index in [9.17, 15) is 4.79 Å². The van der Waals surface area contributed by atoms with Crippen LogP contribution < -0.4 is 0 Å². The summed E-state index contributed by atoms with van der Waals surface area (Å²) in [5.41, 5.74) is 1.33. The molecular weight excluding hydrogens is 250 g/mol. The summed E-state index contributed by atoms with van der Waals surface area (Å²) in [6.07, 6.45) is 1.60. The van der Waals surface area contributed by atoms with Crippen molar-refractivity contribution in [2.24, 2.45) is 0 Å². The van der Waals surface area contributed by atoms with Crippen LogP contribution in [0, 0.1) is 6.92 Å². The average molecular weight is 263 g/mol. The number of carbonyl (C=O) groups excluding carboxylic acids is 1. The number of nitrogens with one attached hydrogen (secondary N) is 1. The van der Waals surface area contributed by atoms with Crippen LogP contribution in [0.4, 0.5) is 0 Å². The highest BCUT2D eigenvalue weighted by atomic mass is 16.6. The van der Waals surface area contributed by atoms with Crippen molar-refractivity contribution >= 4 is 11.5 Å². The second-order valence-electron chi connectivity index (χ2n) is 3.63. The first-order valence-corrected chi connectivity index (χ1v) is 5.73. The fraction of sp³-hybridized carbons (Fsp3) is 0.364. The number of aryl methyl sites for hydroxylation is 1. The zero-order chi connectivity index (χ0) is 13.8. The first-order chi connectivity index (χ1) is 9.17. The highest BCUT2D eigenvalue weighted by Gasteiger charge is 2.19. The molecule has 0 bridgehead atoms. The third-order valence-electron chi connectivity index (χ3n) is 2.39. The van der Waals surface area contributed by atoms with E-state index in [1.165, 1.54) is 0 Å². The van der Waals surface area contributed by atoms with Gasteiger partial charge in [0.15, 0.2) is 17.3 Å². The molecule has 1 N–H and O–H groups in total. The second kappa shape index (κ2) is 5.42. The maximum Gasteiger partial charge on any atom is 0.341 e. The molecule has 0 unspecified atom stereocenters. The number of allylic oxidation sites excluding steroid dienone is 1. The van der Waals surface area contributed by atoms with Crippen molar-refractivity contribution in [2.75, 3.05) is 6.61 Å². The molecule has 0 aliphatic carbocycles. The third kappa shape index (κ3) is 2.51. The van der Waals surface area contributed by atoms with E-state index < -0.39 is 5.97 Å². The van der Waals surface area contributed by atoms with Crippen LogP contribution in [0.1, 0.15) is 25.4 Å². The van der Waals surface area contributed by atoms with Crippen LogP contribution in [-0.2, 0) is 9.53 Å². The lowest BCUT2D eigenvalue weighted by atomic mass is 10.2. The number of esters is 1. The summed E-state index contributed by atoms with van der Waals surface area (Å²) in [4.78, 5) is 15.9. The van der Waals surface area contributed by atoms with E-state index in [-0.39, 0.29) is 5.82 Å². The summed E-state index contributed by atoms with van der Waals surface area (Å²) < 4.78 is 9.51. The Morgan fingerprint density at radius 1 is 1.47 bits per heavy atom. The fourth-order valence-electron chi connectivity index (χ4n) is 1.48. The van der Waals surface area contributed by atoms with Crippen molar-refractivity contribution in [3.8, 4) is 11.5 Å². The van der Waals surface area contributed by atoms with E-state index in [4.69, 9.17) is 4.74 Å². The van der Waals surface area contributed by atoms with Crippen molar-refractivity contribution in [1.82, 2.24) is 25.5 Å². The molecule has 0 saturated heterocycles. The van der Waals surface area contributed by atoms with Gasteiger partial charge in [0.25, 0.3) is 0 Å². The first-order valence-electron chi connectivity index (χ1n) is 5.73. The van der Waals surface area contributed by atoms with Crippen LogP contribution in [0.2, 0.25) is 0 Å². The van der Waals surface area contributed by atoms with Gasteiger partial charge in [-0.3, -0.25) is 5.10 Å². The zero-order valence-electron chi connectivity index (χ0n) is 10.8. The Labute approximate surface area is 108 Å². The lowest BCUT2D eigenvalue weighted by Crippen LogP contribution is -2.07. The van der Waals surface area contributed by atoms with Crippen molar-refractivity contribution in [2.45, 2.75) is 20.8 Å². The summed E-state index contributed by atoms with van der Waals surface area (Å²) >= 11 is 0. The number of hydrogen-bond donors (Lipinski definition) is 1. The van der Waals surface area contributed by atoms with Gasteiger partial charge in [-0.1, -0.05) is 11.2 Å². The van der Waals surface area contributed by atoms with Crippen LogP contribution in [0.15, 0.2) is 10.7 Å². The number of H-pyrrole nitrogens is 1. The Morgan fingerprint density at radius 2 is 2.26 bits per heavy atom. The predicted molar refractivity (Wildman–Crippen MR) is 64.7 cm³/mol. The molecule has 0 aromatic carbocycles. The number of hydrogen-bond acceptors (Lipinski definition) is 7. The molecule has 2 aromatic heterocycles. The predicted octanol–water partition coefficient (Wildman–Crippen LogP) is 1.13. The van der Waals surface area contributed by atoms with Crippen LogP contribution in [0.3, 0.4) is 0 Å². The summed E-state index contributed by atoms with van der Waals surface area (Å²) in [5.74, 6) is 0.168. The molecule has 0 radical (unpaired) electrons. The molecule has 2 aromatic rings. The van der Waals surface area contributed by atoms with Gasteiger partial charge >= 0.3 is 5.97 Å². The van der Waals surface area contributed by atoms with Gasteiger partial charge in [0.1, 0.15) is 11.3 Å². The third-order valence-corrected chi connectivity index (χ3v) is 2.39. The Balaban J connectivity index is 2.30. The minimum Gasteiger partial charge on any atom is -0.462 e. The number of aromatic amines is 1. The molecule has 0 amide bonds. The molecular formula is C11H13N5O3. The molecule has 0 saturated carbocycles. The Kier molecular flexibility index (Phi) is 3.69. The van der Waals surface area contributed by atoms with Crippen molar-refractivity contribution < 1.29 is 14.2 Å². The van der Waals surface area contributed by atoms with E-state index in [1.54, 1.807) is 26.8 Å². The molecule has 19 heavy (non-hydrogen) atoms. The molecule has 0 aliphatic rings. The number of ether oxygens (including phenoxy) is 1. The monoisotopic (exact) mass is 263 g/mol. The number of nitrogens with zero attached hydrogens (tertiary/aromatic N) is 4. The summed E-state index contributed by atoms with van der Waals surface area (Å²) in [5, 5.41) is 14.0. The van der Waals surface area contributed by atoms with Gasteiger partial charge in [-0.15, -0.1) is 0 Å². The number of rotatable bonds is 4. The van der Waals surface area contributed by atoms with E-state index in [1.807, 2.05) is 0 Å². The van der Waals surface area contributed by atoms with Crippen molar-refractivity contribution in [3.63, 3.8) is 0 Å². The highest BCUT2D eigenvalue weighted by Crippen LogP contribution is 2.18. The van der Waals surface area contributed by atoms with Gasteiger partial charge in [-0.05, 0) is 25.9 Å². The molecule has 0 aliphatic heterocycles. The quantitative estimate of drug-likeness (QED) is 0.650. The van der Waals surface area contributed by atoms with Crippen LogP contribution in [0.25, 0.3) is 17.1 Å². The van der Waals surface area contributed by atoms with Gasteiger partial charge in [0.2, 0.25) is 0 Å². The molecule has 2 heterocycles. The van der Waals surface area contributed by atoms with E-state index in [0.717, 1.165) is 0 Å². The van der Waals surface area contributed by atoms with Gasteiger partial charge in [0.05, 0.1) is 6.61 Å². The largest absolute Gasteiger partial charge is 0.462 e. The van der Waals surface area contributed by atoms with E-state index in [0.29, 0.717) is 29.4 Å².